The van der Waals surface area contributed by atoms with Gasteiger partial charge >= 0.3 is 0 Å². The zero-order chi connectivity index (χ0) is 13.0. The SMILES string of the molecule is O=C(Cc1ccccc1I)Nc1ccncc1F. The predicted molar refractivity (Wildman–Crippen MR) is 75.7 cm³/mol. The van der Waals surface area contributed by atoms with Crippen LogP contribution in [0.5, 0.6) is 0 Å². The number of amides is 1. The second kappa shape index (κ2) is 5.90. The summed E-state index contributed by atoms with van der Waals surface area (Å²) in [6.07, 6.45) is 2.73. The number of hydrogen-bond donors (Lipinski definition) is 1. The second-order valence-electron chi connectivity index (χ2n) is 3.67. The minimum Gasteiger partial charge on any atom is -0.323 e. The van der Waals surface area contributed by atoms with E-state index >= 15 is 0 Å². The average molecular weight is 356 g/mol. The number of anilines is 1. The molecule has 1 N–H and O–H groups in total. The molecule has 2 aromatic rings. The number of halogens is 2. The van der Waals surface area contributed by atoms with Crippen molar-refractivity contribution in [3.8, 4) is 0 Å². The first-order valence-corrected chi connectivity index (χ1v) is 6.37. The van der Waals surface area contributed by atoms with Gasteiger partial charge in [-0.25, -0.2) is 4.39 Å². The van der Waals surface area contributed by atoms with Crippen LogP contribution >= 0.6 is 22.6 Å². The lowest BCUT2D eigenvalue weighted by molar-refractivity contribution is -0.115. The van der Waals surface area contributed by atoms with Crippen LogP contribution in [0.3, 0.4) is 0 Å². The zero-order valence-corrected chi connectivity index (χ0v) is 11.5. The lowest BCUT2D eigenvalue weighted by Crippen LogP contribution is -2.16. The van der Waals surface area contributed by atoms with E-state index < -0.39 is 5.82 Å². The van der Waals surface area contributed by atoms with Crippen molar-refractivity contribution in [3.05, 3.63) is 57.7 Å². The van der Waals surface area contributed by atoms with Crippen molar-refractivity contribution in [2.45, 2.75) is 6.42 Å². The van der Waals surface area contributed by atoms with Gasteiger partial charge in [0.15, 0.2) is 5.82 Å². The standard InChI is InChI=1S/C13H10FIN2O/c14-10-8-16-6-5-12(10)17-13(18)7-9-3-1-2-4-11(9)15/h1-6,8H,7H2,(H,16,17,18). The van der Waals surface area contributed by atoms with E-state index in [9.17, 15) is 9.18 Å². The molecule has 0 saturated heterocycles. The van der Waals surface area contributed by atoms with Crippen LogP contribution in [0.1, 0.15) is 5.56 Å². The first-order chi connectivity index (χ1) is 8.66. The molecule has 2 rings (SSSR count). The van der Waals surface area contributed by atoms with E-state index in [-0.39, 0.29) is 18.0 Å². The maximum absolute atomic E-state index is 13.3. The van der Waals surface area contributed by atoms with Crippen LogP contribution in [0.25, 0.3) is 0 Å². The van der Waals surface area contributed by atoms with Crippen LogP contribution in [0.15, 0.2) is 42.7 Å². The molecule has 0 bridgehead atoms. The molecule has 0 radical (unpaired) electrons. The van der Waals surface area contributed by atoms with Gasteiger partial charge in [-0.1, -0.05) is 18.2 Å². The minimum atomic E-state index is -0.534. The predicted octanol–water partition coefficient (Wildman–Crippen LogP) is 3.01. The molecule has 0 fully saturated rings. The molecule has 0 atom stereocenters. The Bertz CT molecular complexity index is 525. The second-order valence-corrected chi connectivity index (χ2v) is 4.83. The highest BCUT2D eigenvalue weighted by Crippen LogP contribution is 2.14. The Morgan fingerprint density at radius 2 is 2.11 bits per heavy atom. The molecule has 1 aromatic heterocycles. The summed E-state index contributed by atoms with van der Waals surface area (Å²) in [5.41, 5.74) is 1.08. The van der Waals surface area contributed by atoms with E-state index in [1.54, 1.807) is 0 Å². The van der Waals surface area contributed by atoms with Gasteiger partial charge in [0, 0.05) is 9.77 Å². The number of carbonyl (C=O) groups excluding carboxylic acids is 1. The molecular formula is C13H10FIN2O. The quantitative estimate of drug-likeness (QED) is 0.860. The Kier molecular flexibility index (Phi) is 4.24. The van der Waals surface area contributed by atoms with Crippen molar-refractivity contribution in [1.29, 1.82) is 0 Å². The van der Waals surface area contributed by atoms with E-state index in [2.05, 4.69) is 32.9 Å². The number of nitrogens with one attached hydrogen (secondary N) is 1. The van der Waals surface area contributed by atoms with Gasteiger partial charge in [-0.15, -0.1) is 0 Å². The number of aromatic nitrogens is 1. The van der Waals surface area contributed by atoms with Crippen LogP contribution in [0.4, 0.5) is 10.1 Å². The van der Waals surface area contributed by atoms with E-state index in [0.717, 1.165) is 15.3 Å². The molecule has 3 nitrogen and oxygen atoms in total. The third-order valence-corrected chi connectivity index (χ3v) is 3.41. The third kappa shape index (κ3) is 3.25. The van der Waals surface area contributed by atoms with Crippen molar-refractivity contribution in [3.63, 3.8) is 0 Å². The van der Waals surface area contributed by atoms with Gasteiger partial charge in [0.1, 0.15) is 0 Å². The van der Waals surface area contributed by atoms with Crippen molar-refractivity contribution >= 4 is 34.2 Å². The molecule has 0 saturated carbocycles. The minimum absolute atomic E-state index is 0.154. The molecule has 0 spiro atoms. The Balaban J connectivity index is 2.06. The molecule has 1 aromatic carbocycles. The fourth-order valence-corrected chi connectivity index (χ4v) is 2.06. The van der Waals surface area contributed by atoms with Gasteiger partial charge < -0.3 is 5.32 Å². The van der Waals surface area contributed by atoms with Crippen LogP contribution in [0, 0.1) is 9.39 Å². The lowest BCUT2D eigenvalue weighted by atomic mass is 10.1. The topological polar surface area (TPSA) is 42.0 Å². The highest BCUT2D eigenvalue weighted by Gasteiger charge is 2.09. The van der Waals surface area contributed by atoms with Gasteiger partial charge in [0.25, 0.3) is 0 Å². The number of carbonyl (C=O) groups is 1. The highest BCUT2D eigenvalue weighted by atomic mass is 127. The first kappa shape index (κ1) is 12.9. The Morgan fingerprint density at radius 3 is 2.83 bits per heavy atom. The van der Waals surface area contributed by atoms with Gasteiger partial charge in [-0.2, -0.15) is 0 Å². The smallest absolute Gasteiger partial charge is 0.228 e. The molecule has 1 amide bonds. The van der Waals surface area contributed by atoms with Gasteiger partial charge in [0.05, 0.1) is 18.3 Å². The number of rotatable bonds is 3. The highest BCUT2D eigenvalue weighted by molar-refractivity contribution is 14.1. The number of benzene rings is 1. The van der Waals surface area contributed by atoms with Crippen molar-refractivity contribution in [2.75, 3.05) is 5.32 Å². The summed E-state index contributed by atoms with van der Waals surface area (Å²) in [4.78, 5) is 15.4. The summed E-state index contributed by atoms with van der Waals surface area (Å²) in [6, 6.07) is 9.02. The lowest BCUT2D eigenvalue weighted by Gasteiger charge is -2.07. The number of pyridine rings is 1. The molecule has 0 aliphatic rings. The summed E-state index contributed by atoms with van der Waals surface area (Å²) in [5.74, 6) is -0.780. The molecule has 92 valence electrons. The Hall–Kier alpha value is -1.50. The Morgan fingerprint density at radius 1 is 1.33 bits per heavy atom. The molecule has 0 unspecified atom stereocenters. The Labute approximate surface area is 118 Å². The fraction of sp³-hybridized carbons (Fsp3) is 0.0769. The normalized spacial score (nSPS) is 10.1. The van der Waals surface area contributed by atoms with Crippen molar-refractivity contribution < 1.29 is 9.18 Å². The van der Waals surface area contributed by atoms with Crippen LogP contribution in [-0.4, -0.2) is 10.9 Å². The summed E-state index contributed by atoms with van der Waals surface area (Å²) >= 11 is 2.17. The van der Waals surface area contributed by atoms with Gasteiger partial charge in [0.2, 0.25) is 5.91 Å². The average Bonchev–Trinajstić information content (AvgIpc) is 2.35. The summed E-state index contributed by atoms with van der Waals surface area (Å²) in [5, 5.41) is 2.53. The molecule has 0 aliphatic heterocycles. The van der Waals surface area contributed by atoms with Crippen molar-refractivity contribution in [2.24, 2.45) is 0 Å². The van der Waals surface area contributed by atoms with E-state index in [1.807, 2.05) is 24.3 Å². The van der Waals surface area contributed by atoms with Gasteiger partial charge in [-0.05, 0) is 40.3 Å². The third-order valence-electron chi connectivity index (χ3n) is 2.36. The fourth-order valence-electron chi connectivity index (χ4n) is 1.49. The maximum atomic E-state index is 13.3. The van der Waals surface area contributed by atoms with E-state index in [0.29, 0.717) is 0 Å². The van der Waals surface area contributed by atoms with Gasteiger partial charge in [-0.3, -0.25) is 9.78 Å². The number of hydrogen-bond acceptors (Lipinski definition) is 2. The van der Waals surface area contributed by atoms with Crippen LogP contribution in [-0.2, 0) is 11.2 Å². The van der Waals surface area contributed by atoms with Crippen molar-refractivity contribution in [1.82, 2.24) is 4.98 Å². The zero-order valence-electron chi connectivity index (χ0n) is 9.36. The summed E-state index contributed by atoms with van der Waals surface area (Å²) in [7, 11) is 0. The molecule has 1 heterocycles. The van der Waals surface area contributed by atoms with Crippen LogP contribution in [0.2, 0.25) is 0 Å². The molecule has 18 heavy (non-hydrogen) atoms. The summed E-state index contributed by atoms with van der Waals surface area (Å²) in [6.45, 7) is 0. The molecule has 5 heteroatoms. The molecule has 0 aliphatic carbocycles. The van der Waals surface area contributed by atoms with Crippen LogP contribution < -0.4 is 5.32 Å². The van der Waals surface area contributed by atoms with E-state index in [1.165, 1.54) is 12.3 Å². The monoisotopic (exact) mass is 356 g/mol. The maximum Gasteiger partial charge on any atom is 0.228 e. The molecular weight excluding hydrogens is 346 g/mol. The number of nitrogens with zero attached hydrogens (tertiary/aromatic N) is 1. The van der Waals surface area contributed by atoms with E-state index in [4.69, 9.17) is 0 Å². The largest absolute Gasteiger partial charge is 0.323 e. The first-order valence-electron chi connectivity index (χ1n) is 5.29. The summed E-state index contributed by atoms with van der Waals surface area (Å²) < 4.78 is 14.3.